The molecule has 23 heavy (non-hydrogen) atoms. The lowest BCUT2D eigenvalue weighted by molar-refractivity contribution is -0.117. The van der Waals surface area contributed by atoms with Crippen molar-refractivity contribution in [3.63, 3.8) is 0 Å². The molecular formula is C18H21N3O2. The minimum Gasteiger partial charge on any atom is -0.366 e. The summed E-state index contributed by atoms with van der Waals surface area (Å²) in [6.07, 6.45) is 7.06. The van der Waals surface area contributed by atoms with Gasteiger partial charge in [0.25, 0.3) is 5.91 Å². The van der Waals surface area contributed by atoms with Gasteiger partial charge in [0.15, 0.2) is 0 Å². The molecule has 0 bridgehead atoms. The smallest absolute Gasteiger partial charge is 0.250 e. The first kappa shape index (κ1) is 15.3. The summed E-state index contributed by atoms with van der Waals surface area (Å²) in [4.78, 5) is 26.3. The first-order valence-corrected chi connectivity index (χ1v) is 7.92. The second-order valence-electron chi connectivity index (χ2n) is 6.15. The van der Waals surface area contributed by atoms with Crippen LogP contribution in [0.4, 0.5) is 0 Å². The molecule has 3 rings (SSSR count). The van der Waals surface area contributed by atoms with E-state index in [4.69, 9.17) is 5.73 Å². The second kappa shape index (κ2) is 6.28. The lowest BCUT2D eigenvalue weighted by atomic mass is 9.80. The van der Waals surface area contributed by atoms with E-state index in [0.717, 1.165) is 42.1 Å². The molecule has 120 valence electrons. The molecule has 1 heterocycles. The third-order valence-electron chi connectivity index (χ3n) is 4.62. The number of amides is 2. The van der Waals surface area contributed by atoms with Gasteiger partial charge in [0.1, 0.15) is 0 Å². The molecule has 2 amide bonds. The van der Waals surface area contributed by atoms with Crippen molar-refractivity contribution in [3.05, 3.63) is 48.2 Å². The highest BCUT2D eigenvalue weighted by molar-refractivity contribution is 6.05. The van der Waals surface area contributed by atoms with Crippen molar-refractivity contribution in [2.75, 3.05) is 0 Å². The Bertz CT molecular complexity index is 763. The van der Waals surface area contributed by atoms with Gasteiger partial charge in [-0.1, -0.05) is 13.0 Å². The molecule has 0 saturated heterocycles. The zero-order valence-corrected chi connectivity index (χ0v) is 13.0. The molecule has 0 spiro atoms. The maximum Gasteiger partial charge on any atom is 0.250 e. The van der Waals surface area contributed by atoms with Crippen LogP contribution < -0.4 is 11.1 Å². The zero-order valence-electron chi connectivity index (χ0n) is 13.0. The lowest BCUT2D eigenvalue weighted by Crippen LogP contribution is -2.37. The number of aromatic amines is 1. The van der Waals surface area contributed by atoms with Crippen molar-refractivity contribution in [3.8, 4) is 0 Å². The van der Waals surface area contributed by atoms with Crippen molar-refractivity contribution >= 4 is 22.7 Å². The van der Waals surface area contributed by atoms with Crippen molar-refractivity contribution in [2.24, 2.45) is 5.73 Å². The Morgan fingerprint density at radius 3 is 2.91 bits per heavy atom. The molecule has 0 radical (unpaired) electrons. The van der Waals surface area contributed by atoms with Gasteiger partial charge in [0.05, 0.1) is 11.1 Å². The summed E-state index contributed by atoms with van der Waals surface area (Å²) < 4.78 is 0. The van der Waals surface area contributed by atoms with E-state index in [9.17, 15) is 9.59 Å². The fraction of sp³-hybridized carbons (Fsp3) is 0.333. The predicted molar refractivity (Wildman–Crippen MR) is 90.2 cm³/mol. The highest BCUT2D eigenvalue weighted by Crippen LogP contribution is 2.35. The molecule has 2 aromatic rings. The molecule has 5 nitrogen and oxygen atoms in total. The van der Waals surface area contributed by atoms with Crippen molar-refractivity contribution in [2.45, 2.75) is 37.6 Å². The Labute approximate surface area is 134 Å². The van der Waals surface area contributed by atoms with E-state index in [1.54, 1.807) is 0 Å². The summed E-state index contributed by atoms with van der Waals surface area (Å²) in [6, 6.07) is 6.10. The summed E-state index contributed by atoms with van der Waals surface area (Å²) in [5, 5.41) is 3.98. The Kier molecular flexibility index (Phi) is 4.19. The van der Waals surface area contributed by atoms with Gasteiger partial charge in [0.2, 0.25) is 5.91 Å². The van der Waals surface area contributed by atoms with E-state index < -0.39 is 5.91 Å². The molecule has 5 heteroatoms. The van der Waals surface area contributed by atoms with Gasteiger partial charge in [0, 0.05) is 17.6 Å². The number of aromatic nitrogens is 1. The number of nitrogens with two attached hydrogens (primary N) is 1. The van der Waals surface area contributed by atoms with Crippen LogP contribution in [-0.2, 0) is 4.79 Å². The lowest BCUT2D eigenvalue weighted by Gasteiger charge is -2.30. The number of rotatable bonds is 4. The third-order valence-corrected chi connectivity index (χ3v) is 4.62. The molecule has 1 fully saturated rings. The summed E-state index contributed by atoms with van der Waals surface area (Å²) in [5.74, 6) is -0.238. The number of benzene rings is 1. The highest BCUT2D eigenvalue weighted by Gasteiger charge is 2.25. The van der Waals surface area contributed by atoms with E-state index in [2.05, 4.69) is 22.9 Å². The minimum absolute atomic E-state index is 0.130. The van der Waals surface area contributed by atoms with Crippen molar-refractivity contribution in [1.29, 1.82) is 0 Å². The number of carbonyl (C=O) groups excluding carboxylic acids is 2. The molecule has 1 saturated carbocycles. The van der Waals surface area contributed by atoms with Gasteiger partial charge < -0.3 is 16.0 Å². The maximum atomic E-state index is 11.7. The molecule has 1 aliphatic carbocycles. The monoisotopic (exact) mass is 311 g/mol. The Morgan fingerprint density at radius 1 is 1.35 bits per heavy atom. The third kappa shape index (κ3) is 3.13. The van der Waals surface area contributed by atoms with Gasteiger partial charge >= 0.3 is 0 Å². The summed E-state index contributed by atoms with van der Waals surface area (Å²) in [7, 11) is 0. The van der Waals surface area contributed by atoms with E-state index in [1.807, 2.05) is 18.3 Å². The van der Waals surface area contributed by atoms with Crippen LogP contribution in [0.25, 0.3) is 10.9 Å². The first-order valence-electron chi connectivity index (χ1n) is 7.92. The first-order chi connectivity index (χ1) is 11.1. The van der Waals surface area contributed by atoms with E-state index in [-0.39, 0.29) is 11.9 Å². The van der Waals surface area contributed by atoms with Gasteiger partial charge in [-0.15, -0.1) is 0 Å². The number of hydrogen-bond acceptors (Lipinski definition) is 2. The Hall–Kier alpha value is -2.56. The fourth-order valence-corrected chi connectivity index (χ4v) is 3.51. The highest BCUT2D eigenvalue weighted by atomic mass is 16.1. The number of primary amides is 1. The van der Waals surface area contributed by atoms with E-state index in [1.165, 1.54) is 6.08 Å². The Balaban J connectivity index is 1.88. The molecule has 4 N–H and O–H groups in total. The molecule has 2 unspecified atom stereocenters. The molecule has 1 aromatic heterocycles. The van der Waals surface area contributed by atoms with Gasteiger partial charge in [-0.05, 0) is 55.0 Å². The molecule has 1 aromatic carbocycles. The van der Waals surface area contributed by atoms with Crippen LogP contribution in [0.1, 0.15) is 47.5 Å². The average molecular weight is 311 g/mol. The van der Waals surface area contributed by atoms with Crippen LogP contribution in [0.2, 0.25) is 0 Å². The van der Waals surface area contributed by atoms with Crippen LogP contribution in [-0.4, -0.2) is 22.8 Å². The normalized spacial score (nSPS) is 21.0. The van der Waals surface area contributed by atoms with Crippen molar-refractivity contribution < 1.29 is 9.59 Å². The molecule has 2 atom stereocenters. The standard InChI is InChI=1S/C18H21N3O2/c1-2-16(22)21-14-5-3-4-11(9-14)13-8-12-6-7-20-17(12)15(10-13)18(19)23/h2,6-8,10-11,14,20H,1,3-5,9H2,(H2,19,23)(H,21,22). The quantitative estimate of drug-likeness (QED) is 0.758. The number of nitrogens with one attached hydrogen (secondary N) is 2. The number of fused-ring (bicyclic) bond motifs is 1. The number of H-pyrrole nitrogens is 1. The summed E-state index contributed by atoms with van der Waals surface area (Å²) >= 11 is 0. The van der Waals surface area contributed by atoms with Gasteiger partial charge in [-0.3, -0.25) is 9.59 Å². The van der Waals surface area contributed by atoms with Gasteiger partial charge in [-0.25, -0.2) is 0 Å². The van der Waals surface area contributed by atoms with E-state index >= 15 is 0 Å². The molecule has 0 aliphatic heterocycles. The fourth-order valence-electron chi connectivity index (χ4n) is 3.51. The zero-order chi connectivity index (χ0) is 16.4. The largest absolute Gasteiger partial charge is 0.366 e. The molecular weight excluding hydrogens is 290 g/mol. The van der Waals surface area contributed by atoms with Crippen LogP contribution >= 0.6 is 0 Å². The predicted octanol–water partition coefficient (Wildman–Crippen LogP) is 2.60. The Morgan fingerprint density at radius 2 is 2.17 bits per heavy atom. The van der Waals surface area contributed by atoms with Crippen LogP contribution in [0.15, 0.2) is 37.1 Å². The summed E-state index contributed by atoms with van der Waals surface area (Å²) in [6.45, 7) is 3.50. The molecule has 1 aliphatic rings. The summed E-state index contributed by atoms with van der Waals surface area (Å²) in [5.41, 5.74) is 7.95. The van der Waals surface area contributed by atoms with Crippen molar-refractivity contribution in [1.82, 2.24) is 10.3 Å². The number of carbonyl (C=O) groups is 2. The van der Waals surface area contributed by atoms with E-state index in [0.29, 0.717) is 11.5 Å². The second-order valence-corrected chi connectivity index (χ2v) is 6.15. The number of hydrogen-bond donors (Lipinski definition) is 3. The van der Waals surface area contributed by atoms with Crippen LogP contribution in [0, 0.1) is 0 Å². The topological polar surface area (TPSA) is 88.0 Å². The van der Waals surface area contributed by atoms with Crippen LogP contribution in [0.5, 0.6) is 0 Å². The van der Waals surface area contributed by atoms with Crippen LogP contribution in [0.3, 0.4) is 0 Å². The SMILES string of the molecule is C=CC(=O)NC1CCCC(c2cc(C(N)=O)c3[nH]ccc3c2)C1. The minimum atomic E-state index is -0.424. The van der Waals surface area contributed by atoms with Gasteiger partial charge in [-0.2, -0.15) is 0 Å². The average Bonchev–Trinajstić information content (AvgIpc) is 3.02. The maximum absolute atomic E-state index is 11.7.